The van der Waals surface area contributed by atoms with Crippen molar-refractivity contribution in [2.24, 2.45) is 0 Å². The molecule has 2 aliphatic heterocycles. The summed E-state index contributed by atoms with van der Waals surface area (Å²) < 4.78 is 6.69. The van der Waals surface area contributed by atoms with Crippen molar-refractivity contribution < 1.29 is 9.53 Å². The third-order valence-corrected chi connectivity index (χ3v) is 5.24. The largest absolute Gasteiger partial charge is 0.493 e. The Morgan fingerprint density at radius 2 is 2.35 bits per heavy atom. The summed E-state index contributed by atoms with van der Waals surface area (Å²) in [5.41, 5.74) is 2.10. The molecule has 0 radical (unpaired) electrons. The maximum atomic E-state index is 12.5. The van der Waals surface area contributed by atoms with E-state index in [1.54, 1.807) is 11.8 Å². The smallest absolute Gasteiger partial charge is 0.324 e. The molecule has 0 bridgehead atoms. The lowest BCUT2D eigenvalue weighted by atomic mass is 10.1. The first-order chi connectivity index (χ1) is 11.2. The minimum Gasteiger partial charge on any atom is -0.493 e. The van der Waals surface area contributed by atoms with Crippen molar-refractivity contribution in [3.63, 3.8) is 0 Å². The minimum absolute atomic E-state index is 0.122. The predicted molar refractivity (Wildman–Crippen MR) is 91.1 cm³/mol. The maximum absolute atomic E-state index is 12.5. The molecule has 0 saturated carbocycles. The SMILES string of the molecule is CC#C[C@H]1C[C@@H](C)NC(=O)N1c1nc2c3c(ccc2s1)OCC3. The van der Waals surface area contributed by atoms with E-state index in [4.69, 9.17) is 9.72 Å². The molecule has 1 fully saturated rings. The van der Waals surface area contributed by atoms with Crippen LogP contribution < -0.4 is 15.0 Å². The van der Waals surface area contributed by atoms with Gasteiger partial charge in [0.2, 0.25) is 0 Å². The molecule has 0 spiro atoms. The Balaban J connectivity index is 1.80. The van der Waals surface area contributed by atoms with Crippen LogP contribution in [0.3, 0.4) is 0 Å². The zero-order chi connectivity index (χ0) is 16.0. The Hall–Kier alpha value is -2.26. The third kappa shape index (κ3) is 2.32. The molecule has 5 nitrogen and oxygen atoms in total. The Labute approximate surface area is 138 Å². The third-order valence-electron chi connectivity index (χ3n) is 4.22. The van der Waals surface area contributed by atoms with E-state index in [2.05, 4.69) is 17.2 Å². The molecule has 1 aromatic heterocycles. The lowest BCUT2D eigenvalue weighted by molar-refractivity contribution is 0.234. The van der Waals surface area contributed by atoms with Gasteiger partial charge in [-0.2, -0.15) is 0 Å². The van der Waals surface area contributed by atoms with Crippen molar-refractivity contribution in [2.45, 2.75) is 38.8 Å². The summed E-state index contributed by atoms with van der Waals surface area (Å²) in [5.74, 6) is 7.00. The Morgan fingerprint density at radius 3 is 3.17 bits per heavy atom. The van der Waals surface area contributed by atoms with E-state index in [0.29, 0.717) is 11.7 Å². The molecule has 4 rings (SSSR count). The molecule has 2 aromatic rings. The number of carbonyl (C=O) groups is 1. The molecule has 0 aliphatic carbocycles. The van der Waals surface area contributed by atoms with Gasteiger partial charge in [0.25, 0.3) is 0 Å². The molecule has 2 aliphatic rings. The second-order valence-electron chi connectivity index (χ2n) is 5.85. The first kappa shape index (κ1) is 14.3. The van der Waals surface area contributed by atoms with Crippen LogP contribution in [0.25, 0.3) is 10.2 Å². The number of thiazole rings is 1. The van der Waals surface area contributed by atoms with E-state index < -0.39 is 0 Å². The fourth-order valence-corrected chi connectivity index (χ4v) is 4.24. The van der Waals surface area contributed by atoms with Gasteiger partial charge in [0.05, 0.1) is 16.8 Å². The number of benzene rings is 1. The number of aromatic nitrogens is 1. The first-order valence-corrected chi connectivity index (χ1v) is 8.56. The lowest BCUT2D eigenvalue weighted by Gasteiger charge is -2.34. The van der Waals surface area contributed by atoms with E-state index in [1.807, 2.05) is 19.1 Å². The summed E-state index contributed by atoms with van der Waals surface area (Å²) >= 11 is 1.54. The molecule has 1 N–H and O–H groups in total. The number of ether oxygens (including phenoxy) is 1. The quantitative estimate of drug-likeness (QED) is 0.819. The molecular formula is C17H17N3O2S. The summed E-state index contributed by atoms with van der Waals surface area (Å²) in [6.45, 7) is 4.51. The van der Waals surface area contributed by atoms with E-state index in [1.165, 1.54) is 11.3 Å². The molecule has 6 heteroatoms. The molecule has 1 saturated heterocycles. The number of urea groups is 1. The Morgan fingerprint density at radius 1 is 1.48 bits per heavy atom. The van der Waals surface area contributed by atoms with Crippen LogP contribution >= 0.6 is 11.3 Å². The van der Waals surface area contributed by atoms with Crippen molar-refractivity contribution in [1.82, 2.24) is 10.3 Å². The van der Waals surface area contributed by atoms with Crippen molar-refractivity contribution >= 4 is 32.7 Å². The van der Waals surface area contributed by atoms with Gasteiger partial charge >= 0.3 is 6.03 Å². The minimum atomic E-state index is -0.131. The molecule has 2 atom stereocenters. The van der Waals surface area contributed by atoms with Gasteiger partial charge in [-0.25, -0.2) is 9.78 Å². The Kier molecular flexibility index (Phi) is 3.38. The first-order valence-electron chi connectivity index (χ1n) is 7.74. The zero-order valence-electron chi connectivity index (χ0n) is 13.0. The van der Waals surface area contributed by atoms with Gasteiger partial charge in [0.1, 0.15) is 11.8 Å². The summed E-state index contributed by atoms with van der Waals surface area (Å²) in [6, 6.07) is 3.88. The average Bonchev–Trinajstić information content (AvgIpc) is 3.12. The van der Waals surface area contributed by atoms with Crippen molar-refractivity contribution in [3.05, 3.63) is 17.7 Å². The number of carbonyl (C=O) groups excluding carboxylic acids is 1. The van der Waals surface area contributed by atoms with Crippen molar-refractivity contribution in [3.8, 4) is 17.6 Å². The lowest BCUT2D eigenvalue weighted by Crippen LogP contribution is -2.55. The van der Waals surface area contributed by atoms with Crippen LogP contribution in [0.15, 0.2) is 12.1 Å². The number of nitrogens with zero attached hydrogens (tertiary/aromatic N) is 2. The average molecular weight is 327 g/mol. The van der Waals surface area contributed by atoms with Gasteiger partial charge in [-0.1, -0.05) is 17.3 Å². The standard InChI is InChI=1S/C17H17N3O2S/c1-3-4-11-9-10(2)18-16(21)20(11)17-19-15-12-7-8-22-13(12)5-6-14(15)23-17/h5-6,10-11H,7-9H2,1-2H3,(H,18,21)/t10-,11+/m1/s1. The van der Waals surface area contributed by atoms with Crippen LogP contribution in [0.2, 0.25) is 0 Å². The molecule has 3 heterocycles. The van der Waals surface area contributed by atoms with Gasteiger partial charge < -0.3 is 10.1 Å². The van der Waals surface area contributed by atoms with Crippen molar-refractivity contribution in [2.75, 3.05) is 11.5 Å². The molecule has 0 unspecified atom stereocenters. The molecule has 23 heavy (non-hydrogen) atoms. The number of amides is 2. The molecular weight excluding hydrogens is 310 g/mol. The van der Waals surface area contributed by atoms with Gasteiger partial charge in [0, 0.05) is 18.0 Å². The van der Waals surface area contributed by atoms with Crippen LogP contribution in [0, 0.1) is 11.8 Å². The number of nitrogens with one attached hydrogen (secondary N) is 1. The normalized spacial score (nSPS) is 23.0. The monoisotopic (exact) mass is 327 g/mol. The van der Waals surface area contributed by atoms with Crippen LogP contribution in [0.1, 0.15) is 25.8 Å². The fraction of sp³-hybridized carbons (Fsp3) is 0.412. The molecule has 1 aromatic carbocycles. The second kappa shape index (κ2) is 5.43. The number of rotatable bonds is 1. The highest BCUT2D eigenvalue weighted by Gasteiger charge is 2.34. The molecule has 118 valence electrons. The van der Waals surface area contributed by atoms with E-state index in [0.717, 1.165) is 34.4 Å². The zero-order valence-corrected chi connectivity index (χ0v) is 13.9. The van der Waals surface area contributed by atoms with E-state index in [-0.39, 0.29) is 18.1 Å². The number of fused-ring (bicyclic) bond motifs is 3. The van der Waals surface area contributed by atoms with Crippen LogP contribution in [-0.2, 0) is 6.42 Å². The highest BCUT2D eigenvalue weighted by atomic mass is 32.1. The summed E-state index contributed by atoms with van der Waals surface area (Å²) in [4.78, 5) is 18.9. The summed E-state index contributed by atoms with van der Waals surface area (Å²) in [7, 11) is 0. The summed E-state index contributed by atoms with van der Waals surface area (Å²) in [6.07, 6.45) is 1.67. The highest BCUT2D eigenvalue weighted by molar-refractivity contribution is 7.22. The highest BCUT2D eigenvalue weighted by Crippen LogP contribution is 2.38. The van der Waals surface area contributed by atoms with Crippen LogP contribution in [0.5, 0.6) is 5.75 Å². The predicted octanol–water partition coefficient (Wildman–Crippen LogP) is 2.93. The summed E-state index contributed by atoms with van der Waals surface area (Å²) in [5, 5.41) is 3.68. The van der Waals surface area contributed by atoms with E-state index >= 15 is 0 Å². The Bertz CT molecular complexity index is 849. The molecule has 2 amide bonds. The number of hydrogen-bond acceptors (Lipinski definition) is 4. The van der Waals surface area contributed by atoms with Gasteiger partial charge in [-0.05, 0) is 32.4 Å². The topological polar surface area (TPSA) is 54.5 Å². The van der Waals surface area contributed by atoms with Crippen LogP contribution in [-0.4, -0.2) is 29.7 Å². The van der Waals surface area contributed by atoms with Gasteiger partial charge in [0.15, 0.2) is 5.13 Å². The number of anilines is 1. The number of hydrogen-bond donors (Lipinski definition) is 1. The van der Waals surface area contributed by atoms with E-state index in [9.17, 15) is 4.79 Å². The van der Waals surface area contributed by atoms with Gasteiger partial charge in [-0.15, -0.1) is 5.92 Å². The van der Waals surface area contributed by atoms with Gasteiger partial charge in [-0.3, -0.25) is 4.90 Å². The maximum Gasteiger partial charge on any atom is 0.324 e. The second-order valence-corrected chi connectivity index (χ2v) is 6.86. The van der Waals surface area contributed by atoms with Crippen molar-refractivity contribution in [1.29, 1.82) is 0 Å². The fourth-order valence-electron chi connectivity index (χ4n) is 3.19. The van der Waals surface area contributed by atoms with Crippen LogP contribution in [0.4, 0.5) is 9.93 Å².